The number of rotatable bonds is 4. The van der Waals surface area contributed by atoms with Crippen LogP contribution in [0.25, 0.3) is 11.1 Å². The van der Waals surface area contributed by atoms with Gasteiger partial charge in [0.25, 0.3) is 0 Å². The molecule has 2 aromatic carbocycles. The molecule has 2 rings (SSSR count). The molecule has 0 amide bonds. The van der Waals surface area contributed by atoms with Gasteiger partial charge in [0.2, 0.25) is 0 Å². The Morgan fingerprint density at radius 3 is 2.23 bits per heavy atom. The summed E-state index contributed by atoms with van der Waals surface area (Å²) in [5.41, 5.74) is 12.1. The van der Waals surface area contributed by atoms with Gasteiger partial charge in [0, 0.05) is 19.7 Å². The van der Waals surface area contributed by atoms with Gasteiger partial charge >= 0.3 is 0 Å². The predicted molar refractivity (Wildman–Crippen MR) is 93.2 cm³/mol. The first-order valence-corrected chi connectivity index (χ1v) is 7.20. The zero-order valence-corrected chi connectivity index (χ0v) is 14.2. The van der Waals surface area contributed by atoms with Crippen LogP contribution in [0.3, 0.4) is 0 Å². The maximum Gasteiger partial charge on any atom is 0.145 e. The Hall–Kier alpha value is -2.36. The fourth-order valence-electron chi connectivity index (χ4n) is 2.86. The molecule has 0 radical (unpaired) electrons. The third-order valence-electron chi connectivity index (χ3n) is 3.89. The number of nitrogens with zero attached hydrogens (tertiary/aromatic N) is 1. The quantitative estimate of drug-likeness (QED) is 0.876. The largest absolute Gasteiger partial charge is 0.495 e. The summed E-state index contributed by atoms with van der Waals surface area (Å²) in [6.07, 6.45) is 0. The number of methoxy groups -OCH3 is 2. The van der Waals surface area contributed by atoms with E-state index in [0.717, 1.165) is 28.1 Å². The highest BCUT2D eigenvalue weighted by Crippen LogP contribution is 2.41. The minimum Gasteiger partial charge on any atom is -0.495 e. The van der Waals surface area contributed by atoms with Crippen molar-refractivity contribution in [2.24, 2.45) is 0 Å². The Kier molecular flexibility index (Phi) is 4.50. The number of ether oxygens (including phenoxy) is 2. The summed E-state index contributed by atoms with van der Waals surface area (Å²) in [5.74, 6) is 1.58. The van der Waals surface area contributed by atoms with E-state index in [1.165, 1.54) is 5.56 Å². The van der Waals surface area contributed by atoms with E-state index in [1.54, 1.807) is 14.2 Å². The number of aryl methyl sites for hydroxylation is 1. The predicted octanol–water partition coefficient (Wildman–Crippen LogP) is 3.64. The summed E-state index contributed by atoms with van der Waals surface area (Å²) < 4.78 is 11.0. The van der Waals surface area contributed by atoms with Crippen molar-refractivity contribution in [3.8, 4) is 22.6 Å². The zero-order valence-electron chi connectivity index (χ0n) is 14.2. The number of hydrogen-bond acceptors (Lipinski definition) is 4. The van der Waals surface area contributed by atoms with Crippen LogP contribution in [-0.4, -0.2) is 28.3 Å². The highest BCUT2D eigenvalue weighted by Gasteiger charge is 2.17. The van der Waals surface area contributed by atoms with E-state index in [2.05, 4.69) is 24.8 Å². The monoisotopic (exact) mass is 300 g/mol. The van der Waals surface area contributed by atoms with Crippen LogP contribution < -0.4 is 20.1 Å². The lowest BCUT2D eigenvalue weighted by Gasteiger charge is -2.23. The van der Waals surface area contributed by atoms with Crippen LogP contribution >= 0.6 is 0 Å². The van der Waals surface area contributed by atoms with Crippen LogP contribution in [0.2, 0.25) is 0 Å². The first-order valence-electron chi connectivity index (χ1n) is 7.20. The fraction of sp³-hybridized carbons (Fsp3) is 0.333. The van der Waals surface area contributed by atoms with E-state index in [9.17, 15) is 0 Å². The number of hydrogen-bond donors (Lipinski definition) is 1. The van der Waals surface area contributed by atoms with E-state index < -0.39 is 0 Å². The Balaban J connectivity index is 2.69. The fourth-order valence-corrected chi connectivity index (χ4v) is 2.86. The van der Waals surface area contributed by atoms with Crippen molar-refractivity contribution in [1.82, 2.24) is 0 Å². The molecule has 0 aromatic heterocycles. The molecule has 4 heteroatoms. The minimum atomic E-state index is 0.637. The highest BCUT2D eigenvalue weighted by atomic mass is 16.5. The van der Waals surface area contributed by atoms with Gasteiger partial charge in [-0.2, -0.15) is 0 Å². The number of nitrogen functional groups attached to an aromatic ring is 1. The molecule has 118 valence electrons. The van der Waals surface area contributed by atoms with E-state index in [-0.39, 0.29) is 0 Å². The van der Waals surface area contributed by atoms with E-state index in [0.29, 0.717) is 11.4 Å². The zero-order chi connectivity index (χ0) is 16.4. The van der Waals surface area contributed by atoms with Crippen LogP contribution in [0.1, 0.15) is 11.1 Å². The second kappa shape index (κ2) is 6.18. The average Bonchev–Trinajstić information content (AvgIpc) is 2.49. The van der Waals surface area contributed by atoms with Gasteiger partial charge < -0.3 is 20.1 Å². The third kappa shape index (κ3) is 2.69. The van der Waals surface area contributed by atoms with Crippen molar-refractivity contribution >= 4 is 11.4 Å². The molecule has 0 saturated carbocycles. The minimum absolute atomic E-state index is 0.637. The normalized spacial score (nSPS) is 10.5. The first kappa shape index (κ1) is 16.0. The van der Waals surface area contributed by atoms with Crippen molar-refractivity contribution in [2.75, 3.05) is 38.9 Å². The molecule has 0 atom stereocenters. The Morgan fingerprint density at radius 1 is 1.00 bits per heavy atom. The standard InChI is InChI=1S/C18H24N2O2/c1-11-9-14(12(2)18(22-6)17(11)20(3)4)13-7-8-15(19)16(10-13)21-5/h7-10H,19H2,1-6H3. The number of nitrogens with two attached hydrogens (primary N) is 1. The summed E-state index contributed by atoms with van der Waals surface area (Å²) in [6, 6.07) is 8.02. The van der Waals surface area contributed by atoms with Crippen molar-refractivity contribution in [1.29, 1.82) is 0 Å². The average molecular weight is 300 g/mol. The van der Waals surface area contributed by atoms with E-state index in [1.807, 2.05) is 32.3 Å². The molecule has 0 aliphatic rings. The van der Waals surface area contributed by atoms with Gasteiger partial charge in [-0.15, -0.1) is 0 Å². The molecule has 0 aliphatic carbocycles. The van der Waals surface area contributed by atoms with Crippen molar-refractivity contribution in [3.05, 3.63) is 35.4 Å². The smallest absolute Gasteiger partial charge is 0.145 e. The molecule has 0 spiro atoms. The van der Waals surface area contributed by atoms with Gasteiger partial charge in [-0.3, -0.25) is 0 Å². The maximum absolute atomic E-state index is 5.91. The Bertz CT molecular complexity index is 694. The van der Waals surface area contributed by atoms with Gasteiger partial charge in [0.1, 0.15) is 11.5 Å². The summed E-state index contributed by atoms with van der Waals surface area (Å²) in [7, 11) is 7.39. The van der Waals surface area contributed by atoms with Crippen LogP contribution in [-0.2, 0) is 0 Å². The molecule has 0 saturated heterocycles. The van der Waals surface area contributed by atoms with Gasteiger partial charge in [-0.25, -0.2) is 0 Å². The lowest BCUT2D eigenvalue weighted by atomic mass is 9.95. The highest BCUT2D eigenvalue weighted by molar-refractivity contribution is 5.80. The molecular weight excluding hydrogens is 276 g/mol. The summed E-state index contributed by atoms with van der Waals surface area (Å²) in [5, 5.41) is 0. The number of anilines is 2. The molecule has 0 bridgehead atoms. The lowest BCUT2D eigenvalue weighted by molar-refractivity contribution is 0.412. The van der Waals surface area contributed by atoms with Gasteiger partial charge in [-0.1, -0.05) is 6.07 Å². The van der Waals surface area contributed by atoms with Crippen LogP contribution in [0.4, 0.5) is 11.4 Å². The SMILES string of the molecule is COc1cc(-c2cc(C)c(N(C)C)c(OC)c2C)ccc1N. The molecular formula is C18H24N2O2. The molecule has 2 aromatic rings. The van der Waals surface area contributed by atoms with Gasteiger partial charge in [-0.05, 0) is 48.7 Å². The molecule has 0 unspecified atom stereocenters. The van der Waals surface area contributed by atoms with E-state index >= 15 is 0 Å². The van der Waals surface area contributed by atoms with Crippen LogP contribution in [0.15, 0.2) is 24.3 Å². The second-order valence-corrected chi connectivity index (χ2v) is 5.60. The molecule has 0 fully saturated rings. The van der Waals surface area contributed by atoms with Crippen molar-refractivity contribution in [3.63, 3.8) is 0 Å². The molecule has 4 nitrogen and oxygen atoms in total. The number of benzene rings is 2. The summed E-state index contributed by atoms with van der Waals surface area (Å²) in [4.78, 5) is 2.08. The molecule has 22 heavy (non-hydrogen) atoms. The summed E-state index contributed by atoms with van der Waals surface area (Å²) in [6.45, 7) is 4.17. The third-order valence-corrected chi connectivity index (χ3v) is 3.89. The lowest BCUT2D eigenvalue weighted by Crippen LogP contribution is -2.13. The Labute approximate surface area is 132 Å². The second-order valence-electron chi connectivity index (χ2n) is 5.60. The summed E-state index contributed by atoms with van der Waals surface area (Å²) >= 11 is 0. The maximum atomic E-state index is 5.91. The van der Waals surface area contributed by atoms with E-state index in [4.69, 9.17) is 15.2 Å². The first-order chi connectivity index (χ1) is 10.4. The van der Waals surface area contributed by atoms with Gasteiger partial charge in [0.15, 0.2) is 0 Å². The topological polar surface area (TPSA) is 47.7 Å². The molecule has 0 heterocycles. The molecule has 0 aliphatic heterocycles. The van der Waals surface area contributed by atoms with Gasteiger partial charge in [0.05, 0.1) is 25.6 Å². The van der Waals surface area contributed by atoms with Crippen molar-refractivity contribution < 1.29 is 9.47 Å². The van der Waals surface area contributed by atoms with Crippen LogP contribution in [0, 0.1) is 13.8 Å². The van der Waals surface area contributed by atoms with Crippen LogP contribution in [0.5, 0.6) is 11.5 Å². The molecule has 2 N–H and O–H groups in total. The van der Waals surface area contributed by atoms with Crippen molar-refractivity contribution in [2.45, 2.75) is 13.8 Å². The Morgan fingerprint density at radius 2 is 1.68 bits per heavy atom.